The van der Waals surface area contributed by atoms with Crippen molar-refractivity contribution in [3.63, 3.8) is 0 Å². The number of aromatic nitrogens is 2. The highest BCUT2D eigenvalue weighted by Crippen LogP contribution is 2.32. The summed E-state index contributed by atoms with van der Waals surface area (Å²) >= 11 is 0. The van der Waals surface area contributed by atoms with Crippen molar-refractivity contribution >= 4 is 11.5 Å². The molecule has 2 saturated heterocycles. The molecule has 0 saturated carbocycles. The molecule has 7 nitrogen and oxygen atoms in total. The summed E-state index contributed by atoms with van der Waals surface area (Å²) in [7, 11) is 1.66. The molecule has 4 heterocycles. The standard InChI is InChI=1S/C27H31FN4O3/c1-33-24-7-4-20(5-8-24)19-35-27-17-23(31-11-13-34-14-12-31)16-26(30-27)32-10-2-3-22(32)15-21-6-9-25(28)29-18-21/h4-9,16-18,22H,2-3,10-15,19H2,1H3. The van der Waals surface area contributed by atoms with Gasteiger partial charge >= 0.3 is 0 Å². The van der Waals surface area contributed by atoms with Crippen LogP contribution in [0, 0.1) is 5.95 Å². The van der Waals surface area contributed by atoms with Gasteiger partial charge < -0.3 is 24.0 Å². The fourth-order valence-electron chi connectivity index (χ4n) is 4.73. The Morgan fingerprint density at radius 3 is 2.57 bits per heavy atom. The molecular formula is C27H31FN4O3. The highest BCUT2D eigenvalue weighted by molar-refractivity contribution is 5.59. The van der Waals surface area contributed by atoms with Crippen LogP contribution in [0.1, 0.15) is 24.0 Å². The Labute approximate surface area is 205 Å². The number of morpholine rings is 1. The first kappa shape index (κ1) is 23.4. The van der Waals surface area contributed by atoms with Gasteiger partial charge in [-0.3, -0.25) is 0 Å². The molecule has 1 unspecified atom stereocenters. The van der Waals surface area contributed by atoms with Crippen molar-refractivity contribution in [3.8, 4) is 11.6 Å². The van der Waals surface area contributed by atoms with Crippen molar-refractivity contribution in [2.75, 3.05) is 49.8 Å². The second kappa shape index (κ2) is 10.9. The quantitative estimate of drug-likeness (QED) is 0.449. The minimum Gasteiger partial charge on any atom is -0.497 e. The summed E-state index contributed by atoms with van der Waals surface area (Å²) < 4.78 is 30.3. The molecule has 184 valence electrons. The Morgan fingerprint density at radius 1 is 1.03 bits per heavy atom. The summed E-state index contributed by atoms with van der Waals surface area (Å²) in [6.07, 6.45) is 4.58. The van der Waals surface area contributed by atoms with Crippen LogP contribution in [0.5, 0.6) is 11.6 Å². The van der Waals surface area contributed by atoms with Gasteiger partial charge in [0.25, 0.3) is 0 Å². The molecule has 0 spiro atoms. The van der Waals surface area contributed by atoms with Gasteiger partial charge in [-0.05, 0) is 48.6 Å². The van der Waals surface area contributed by atoms with Crippen LogP contribution in [-0.2, 0) is 17.8 Å². The Balaban J connectivity index is 1.38. The molecule has 1 atom stereocenters. The first-order valence-electron chi connectivity index (χ1n) is 12.2. The lowest BCUT2D eigenvalue weighted by atomic mass is 10.1. The van der Waals surface area contributed by atoms with E-state index in [0.717, 1.165) is 67.3 Å². The molecule has 2 aromatic heterocycles. The lowest BCUT2D eigenvalue weighted by Crippen LogP contribution is -2.37. The number of anilines is 2. The number of nitrogens with zero attached hydrogens (tertiary/aromatic N) is 4. The van der Waals surface area contributed by atoms with Gasteiger partial charge in [0.2, 0.25) is 11.8 Å². The summed E-state index contributed by atoms with van der Waals surface area (Å²) in [5.41, 5.74) is 3.18. The molecule has 35 heavy (non-hydrogen) atoms. The minimum absolute atomic E-state index is 0.282. The molecule has 0 N–H and O–H groups in total. The van der Waals surface area contributed by atoms with Crippen LogP contribution in [0.2, 0.25) is 0 Å². The number of pyridine rings is 2. The molecule has 0 amide bonds. The summed E-state index contributed by atoms with van der Waals surface area (Å²) in [5, 5.41) is 0. The Morgan fingerprint density at radius 2 is 1.83 bits per heavy atom. The van der Waals surface area contributed by atoms with E-state index in [0.29, 0.717) is 25.7 Å². The monoisotopic (exact) mass is 478 g/mol. The highest BCUT2D eigenvalue weighted by atomic mass is 19.1. The van der Waals surface area contributed by atoms with E-state index in [1.807, 2.05) is 36.4 Å². The fraction of sp³-hybridized carbons (Fsp3) is 0.407. The first-order chi connectivity index (χ1) is 17.2. The second-order valence-electron chi connectivity index (χ2n) is 8.94. The van der Waals surface area contributed by atoms with Crippen LogP contribution in [0.3, 0.4) is 0 Å². The lowest BCUT2D eigenvalue weighted by Gasteiger charge is -2.31. The third-order valence-corrected chi connectivity index (χ3v) is 6.63. The van der Waals surface area contributed by atoms with Gasteiger partial charge in [0.1, 0.15) is 18.2 Å². The molecular weight excluding hydrogens is 447 g/mol. The third-order valence-electron chi connectivity index (χ3n) is 6.63. The number of methoxy groups -OCH3 is 1. The van der Waals surface area contributed by atoms with Crippen LogP contribution >= 0.6 is 0 Å². The zero-order chi connectivity index (χ0) is 24.0. The number of rotatable bonds is 8. The van der Waals surface area contributed by atoms with Crippen LogP contribution in [0.15, 0.2) is 54.7 Å². The zero-order valence-corrected chi connectivity index (χ0v) is 20.0. The largest absolute Gasteiger partial charge is 0.497 e. The Kier molecular flexibility index (Phi) is 7.28. The molecule has 0 aliphatic carbocycles. The van der Waals surface area contributed by atoms with Crippen molar-refractivity contribution in [2.45, 2.75) is 31.9 Å². The predicted molar refractivity (Wildman–Crippen MR) is 133 cm³/mol. The number of hydrogen-bond donors (Lipinski definition) is 0. The summed E-state index contributed by atoms with van der Waals surface area (Å²) in [6.45, 7) is 4.45. The van der Waals surface area contributed by atoms with Gasteiger partial charge in [-0.15, -0.1) is 0 Å². The molecule has 2 aliphatic rings. The molecule has 0 bridgehead atoms. The maximum absolute atomic E-state index is 13.3. The maximum Gasteiger partial charge on any atom is 0.217 e. The van der Waals surface area contributed by atoms with Gasteiger partial charge in [0, 0.05) is 49.7 Å². The number of hydrogen-bond acceptors (Lipinski definition) is 7. The van der Waals surface area contributed by atoms with Gasteiger partial charge in [0.15, 0.2) is 0 Å². The topological polar surface area (TPSA) is 60.0 Å². The molecule has 3 aromatic rings. The predicted octanol–water partition coefficient (Wildman–Crippen LogP) is 4.25. The van der Waals surface area contributed by atoms with E-state index < -0.39 is 5.95 Å². The van der Waals surface area contributed by atoms with Crippen LogP contribution < -0.4 is 19.3 Å². The second-order valence-corrected chi connectivity index (χ2v) is 8.94. The SMILES string of the molecule is COc1ccc(COc2cc(N3CCOCC3)cc(N3CCCC3Cc3ccc(F)nc3)n2)cc1. The van der Waals surface area contributed by atoms with Crippen LogP contribution in [0.4, 0.5) is 15.9 Å². The van der Waals surface area contributed by atoms with Gasteiger partial charge in [-0.1, -0.05) is 18.2 Å². The molecule has 0 radical (unpaired) electrons. The smallest absolute Gasteiger partial charge is 0.217 e. The van der Waals surface area contributed by atoms with Crippen LogP contribution in [0.25, 0.3) is 0 Å². The first-order valence-corrected chi connectivity index (χ1v) is 12.2. The number of halogens is 1. The van der Waals surface area contributed by atoms with E-state index in [4.69, 9.17) is 19.2 Å². The number of ether oxygens (including phenoxy) is 3. The van der Waals surface area contributed by atoms with E-state index in [-0.39, 0.29) is 6.04 Å². The highest BCUT2D eigenvalue weighted by Gasteiger charge is 2.27. The normalized spacial score (nSPS) is 18.1. The molecule has 5 rings (SSSR count). The summed E-state index contributed by atoms with van der Waals surface area (Å²) in [6, 6.07) is 15.6. The van der Waals surface area contributed by atoms with E-state index in [2.05, 4.69) is 20.9 Å². The summed E-state index contributed by atoms with van der Waals surface area (Å²) in [4.78, 5) is 13.4. The van der Waals surface area contributed by atoms with Crippen LogP contribution in [-0.4, -0.2) is 56.0 Å². The van der Waals surface area contributed by atoms with Crippen molar-refractivity contribution < 1.29 is 18.6 Å². The van der Waals surface area contributed by atoms with Crippen molar-refractivity contribution in [1.82, 2.24) is 9.97 Å². The number of benzene rings is 1. The Hall–Kier alpha value is -3.39. The lowest BCUT2D eigenvalue weighted by molar-refractivity contribution is 0.122. The fourth-order valence-corrected chi connectivity index (χ4v) is 4.73. The van der Waals surface area contributed by atoms with Crippen molar-refractivity contribution in [2.24, 2.45) is 0 Å². The van der Waals surface area contributed by atoms with Gasteiger partial charge in [-0.2, -0.15) is 9.37 Å². The molecule has 8 heteroatoms. The average Bonchev–Trinajstić information content (AvgIpc) is 3.37. The molecule has 2 aliphatic heterocycles. The average molecular weight is 479 g/mol. The minimum atomic E-state index is -0.449. The van der Waals surface area contributed by atoms with E-state index in [1.54, 1.807) is 13.3 Å². The van der Waals surface area contributed by atoms with Gasteiger partial charge in [0.05, 0.1) is 20.3 Å². The summed E-state index contributed by atoms with van der Waals surface area (Å²) in [5.74, 6) is 1.89. The van der Waals surface area contributed by atoms with Crippen molar-refractivity contribution in [3.05, 3.63) is 71.8 Å². The Bertz CT molecular complexity index is 1100. The van der Waals surface area contributed by atoms with E-state index >= 15 is 0 Å². The molecule has 2 fully saturated rings. The van der Waals surface area contributed by atoms with E-state index in [1.165, 1.54) is 6.07 Å². The zero-order valence-electron chi connectivity index (χ0n) is 20.0. The van der Waals surface area contributed by atoms with Gasteiger partial charge in [-0.25, -0.2) is 4.98 Å². The molecule has 1 aromatic carbocycles. The van der Waals surface area contributed by atoms with Crippen molar-refractivity contribution in [1.29, 1.82) is 0 Å². The third kappa shape index (κ3) is 5.82. The maximum atomic E-state index is 13.3. The van der Waals surface area contributed by atoms with E-state index in [9.17, 15) is 4.39 Å².